The Kier molecular flexibility index (Phi) is 11.0. The predicted octanol–water partition coefficient (Wildman–Crippen LogP) is -2.20. The minimum Gasteiger partial charge on any atom is -0.465 e. The van der Waals surface area contributed by atoms with E-state index in [1.165, 1.54) is 0 Å². The summed E-state index contributed by atoms with van der Waals surface area (Å²) in [5.74, 6) is -0.177. The fourth-order valence-corrected chi connectivity index (χ4v) is 1.62. The summed E-state index contributed by atoms with van der Waals surface area (Å²) in [4.78, 5) is 11.3. The number of rotatable bonds is 13. The zero-order valence-electron chi connectivity index (χ0n) is 12.5. The number of aliphatic hydroxyl groups is 5. The smallest absolute Gasteiger partial charge is 0.306 e. The summed E-state index contributed by atoms with van der Waals surface area (Å²) in [5, 5.41) is 46.4. The van der Waals surface area contributed by atoms with Crippen LogP contribution in [0, 0.1) is 10.8 Å². The monoisotopic (exact) mass is 342 g/mol. The van der Waals surface area contributed by atoms with Crippen molar-refractivity contribution >= 4 is 18.6 Å². The molecule has 0 fully saturated rings. The highest BCUT2D eigenvalue weighted by atomic mass is 32.1. The number of carbonyl (C=O) groups excluding carboxylic acids is 1. The molecule has 0 saturated heterocycles. The fraction of sp³-hybridized carbons (Fsp3) is 0.923. The molecule has 22 heavy (non-hydrogen) atoms. The molecule has 0 aliphatic carbocycles. The first-order chi connectivity index (χ1) is 10.5. The highest BCUT2D eigenvalue weighted by molar-refractivity contribution is 7.80. The lowest BCUT2D eigenvalue weighted by Crippen LogP contribution is -2.44. The Hall–Kier alpha value is -0.420. The molecule has 0 aromatic rings. The van der Waals surface area contributed by atoms with Gasteiger partial charge < -0.3 is 35.0 Å². The summed E-state index contributed by atoms with van der Waals surface area (Å²) in [6.45, 7) is -3.01. The van der Waals surface area contributed by atoms with Crippen LogP contribution in [-0.4, -0.2) is 90.1 Å². The molecule has 8 nitrogen and oxygen atoms in total. The van der Waals surface area contributed by atoms with Crippen LogP contribution in [0.3, 0.4) is 0 Å². The summed E-state index contributed by atoms with van der Waals surface area (Å²) >= 11 is 3.90. The van der Waals surface area contributed by atoms with Gasteiger partial charge in [0.25, 0.3) is 0 Å². The van der Waals surface area contributed by atoms with E-state index in [1.54, 1.807) is 0 Å². The number of esters is 1. The molecule has 0 rings (SSSR count). The van der Waals surface area contributed by atoms with E-state index in [0.717, 1.165) is 0 Å². The van der Waals surface area contributed by atoms with Gasteiger partial charge in [-0.05, 0) is 0 Å². The van der Waals surface area contributed by atoms with Crippen molar-refractivity contribution in [2.24, 2.45) is 10.8 Å². The molecule has 0 saturated carbocycles. The van der Waals surface area contributed by atoms with Crippen LogP contribution in [0.4, 0.5) is 0 Å². The number of hydrogen-bond donors (Lipinski definition) is 6. The Bertz CT molecular complexity index is 296. The van der Waals surface area contributed by atoms with Gasteiger partial charge in [0.2, 0.25) is 0 Å². The molecule has 0 amide bonds. The van der Waals surface area contributed by atoms with Crippen molar-refractivity contribution in [2.45, 2.75) is 6.42 Å². The van der Waals surface area contributed by atoms with Gasteiger partial charge in [-0.2, -0.15) is 12.6 Å². The van der Waals surface area contributed by atoms with Crippen molar-refractivity contribution < 1.29 is 39.8 Å². The molecule has 0 unspecified atom stereocenters. The lowest BCUT2D eigenvalue weighted by atomic mass is 9.90. The Morgan fingerprint density at radius 3 is 1.68 bits per heavy atom. The number of aliphatic hydroxyl groups excluding tert-OH is 5. The standard InChI is InChI=1S/C13H26O8S/c14-3-12(4-15,5-16)8-20-9-13(6-17,7-18)10-21-11(19)1-2-22/h14-18,22H,1-10H2. The average Bonchev–Trinajstić information content (AvgIpc) is 2.56. The highest BCUT2D eigenvalue weighted by Crippen LogP contribution is 2.21. The van der Waals surface area contributed by atoms with Crippen LogP contribution in [0.1, 0.15) is 6.42 Å². The van der Waals surface area contributed by atoms with Gasteiger partial charge in [0.1, 0.15) is 6.61 Å². The van der Waals surface area contributed by atoms with Crippen molar-refractivity contribution in [3.05, 3.63) is 0 Å². The van der Waals surface area contributed by atoms with E-state index >= 15 is 0 Å². The number of hydrogen-bond acceptors (Lipinski definition) is 9. The zero-order chi connectivity index (χ0) is 17.1. The van der Waals surface area contributed by atoms with Crippen molar-refractivity contribution in [3.63, 3.8) is 0 Å². The predicted molar refractivity (Wildman–Crippen MR) is 80.5 cm³/mol. The first kappa shape index (κ1) is 21.6. The minimum atomic E-state index is -1.21. The van der Waals surface area contributed by atoms with Gasteiger partial charge in [-0.25, -0.2) is 0 Å². The van der Waals surface area contributed by atoms with E-state index in [-0.39, 0.29) is 26.2 Å². The molecule has 0 aliphatic rings. The number of ether oxygens (including phenoxy) is 2. The second-order valence-electron chi connectivity index (χ2n) is 5.42. The number of thiol groups is 1. The molecule has 0 aliphatic heterocycles. The lowest BCUT2D eigenvalue weighted by Gasteiger charge is -2.32. The maximum atomic E-state index is 11.3. The molecular formula is C13H26O8S. The summed E-state index contributed by atoms with van der Waals surface area (Å²) in [6.07, 6.45) is 0.111. The molecule has 0 heterocycles. The third kappa shape index (κ3) is 6.78. The molecule has 132 valence electrons. The number of carbonyl (C=O) groups is 1. The van der Waals surface area contributed by atoms with Gasteiger partial charge in [0, 0.05) is 5.75 Å². The average molecular weight is 342 g/mol. The van der Waals surface area contributed by atoms with E-state index < -0.39 is 49.8 Å². The van der Waals surface area contributed by atoms with Crippen LogP contribution in [0.15, 0.2) is 0 Å². The molecule has 0 radical (unpaired) electrons. The Labute approximate surface area is 135 Å². The molecule has 0 aromatic heterocycles. The van der Waals surface area contributed by atoms with Crippen LogP contribution >= 0.6 is 12.6 Å². The van der Waals surface area contributed by atoms with Crippen molar-refractivity contribution in [2.75, 3.05) is 58.6 Å². The minimum absolute atomic E-state index is 0.111. The molecule has 0 aromatic carbocycles. The molecule has 0 bridgehead atoms. The van der Waals surface area contributed by atoms with Gasteiger partial charge in [-0.3, -0.25) is 4.79 Å². The van der Waals surface area contributed by atoms with Crippen molar-refractivity contribution in [1.29, 1.82) is 0 Å². The molecule has 5 N–H and O–H groups in total. The Balaban J connectivity index is 4.53. The van der Waals surface area contributed by atoms with E-state index in [1.807, 2.05) is 0 Å². The van der Waals surface area contributed by atoms with Gasteiger partial charge in [0.15, 0.2) is 0 Å². The van der Waals surface area contributed by atoms with Crippen LogP contribution in [0.2, 0.25) is 0 Å². The van der Waals surface area contributed by atoms with Crippen LogP contribution in [0.5, 0.6) is 0 Å². The second kappa shape index (κ2) is 11.2. The normalized spacial score (nSPS) is 12.5. The van der Waals surface area contributed by atoms with Gasteiger partial charge in [0.05, 0.1) is 63.5 Å². The zero-order valence-corrected chi connectivity index (χ0v) is 13.4. The summed E-state index contributed by atoms with van der Waals surface area (Å²) in [7, 11) is 0. The quantitative estimate of drug-likeness (QED) is 0.164. The van der Waals surface area contributed by atoms with Gasteiger partial charge in [-0.15, -0.1) is 0 Å². The maximum Gasteiger partial charge on any atom is 0.306 e. The SMILES string of the molecule is O=C(CCS)OCC(CO)(CO)COCC(CO)(CO)CO. The summed E-state index contributed by atoms with van der Waals surface area (Å²) in [5.41, 5.74) is -2.41. The molecule has 0 spiro atoms. The van der Waals surface area contributed by atoms with E-state index in [2.05, 4.69) is 12.6 Å². The maximum absolute atomic E-state index is 11.3. The van der Waals surface area contributed by atoms with Gasteiger partial charge >= 0.3 is 5.97 Å². The third-order valence-corrected chi connectivity index (χ3v) is 3.57. The largest absolute Gasteiger partial charge is 0.465 e. The highest BCUT2D eigenvalue weighted by Gasteiger charge is 2.34. The Morgan fingerprint density at radius 1 is 0.818 bits per heavy atom. The lowest BCUT2D eigenvalue weighted by molar-refractivity contribution is -0.154. The van der Waals surface area contributed by atoms with E-state index in [0.29, 0.717) is 5.75 Å². The first-order valence-electron chi connectivity index (χ1n) is 6.85. The summed E-state index contributed by atoms with van der Waals surface area (Å²) in [6, 6.07) is 0. The summed E-state index contributed by atoms with van der Waals surface area (Å²) < 4.78 is 10.3. The topological polar surface area (TPSA) is 137 Å². The van der Waals surface area contributed by atoms with Crippen LogP contribution in [0.25, 0.3) is 0 Å². The first-order valence-corrected chi connectivity index (χ1v) is 7.49. The van der Waals surface area contributed by atoms with Crippen LogP contribution < -0.4 is 0 Å². The van der Waals surface area contributed by atoms with Crippen LogP contribution in [-0.2, 0) is 14.3 Å². The molecule has 9 heteroatoms. The molecular weight excluding hydrogens is 316 g/mol. The second-order valence-corrected chi connectivity index (χ2v) is 5.86. The van der Waals surface area contributed by atoms with E-state index in [9.17, 15) is 30.3 Å². The molecule has 0 atom stereocenters. The van der Waals surface area contributed by atoms with Crippen molar-refractivity contribution in [3.8, 4) is 0 Å². The Morgan fingerprint density at radius 2 is 1.27 bits per heavy atom. The fourth-order valence-electron chi connectivity index (χ4n) is 1.44. The van der Waals surface area contributed by atoms with Gasteiger partial charge in [-0.1, -0.05) is 0 Å². The van der Waals surface area contributed by atoms with E-state index in [4.69, 9.17) is 9.47 Å². The third-order valence-electron chi connectivity index (χ3n) is 3.35. The van der Waals surface area contributed by atoms with Crippen molar-refractivity contribution in [1.82, 2.24) is 0 Å².